The number of hydrogen-bond acceptors (Lipinski definition) is 25. The minimum Gasteiger partial charge on any atom is -0.480 e. The summed E-state index contributed by atoms with van der Waals surface area (Å²) in [5.74, 6) is -21.2. The summed E-state index contributed by atoms with van der Waals surface area (Å²) in [4.78, 5) is 265. The fraction of sp³-hybridized carbons (Fsp3) is 0.739. The second kappa shape index (κ2) is 62.1. The Morgan fingerprint density at radius 2 is 0.621 bits per heavy atom. The lowest BCUT2D eigenvalue weighted by Crippen LogP contribution is -2.62. The van der Waals surface area contributed by atoms with E-state index >= 15 is 0 Å². The number of carbonyl (C=O) groups excluding carboxylic acids is 18. The molecule has 1 fully saturated rings. The van der Waals surface area contributed by atoms with Gasteiger partial charge in [0.25, 0.3) is 0 Å². The highest BCUT2D eigenvalue weighted by atomic mass is 16.4. The molecule has 0 aromatic carbocycles. The molecule has 140 heavy (non-hydrogen) atoms. The quantitative estimate of drug-likeness (QED) is 0.0153. The van der Waals surface area contributed by atoms with E-state index in [-0.39, 0.29) is 128 Å². The zero-order valence-corrected chi connectivity index (χ0v) is 84.7. The van der Waals surface area contributed by atoms with Gasteiger partial charge in [-0.2, -0.15) is 0 Å². The topological polar surface area (TPSA) is 832 Å². The minimum atomic E-state index is -1.48. The molecule has 0 bridgehead atoms. The lowest BCUT2D eigenvalue weighted by atomic mass is 9.86. The average molecular weight is 1990 g/mol. The van der Waals surface area contributed by atoms with Crippen molar-refractivity contribution in [1.29, 1.82) is 21.6 Å². The third kappa shape index (κ3) is 46.1. The van der Waals surface area contributed by atoms with Gasteiger partial charge < -0.3 is 155 Å². The van der Waals surface area contributed by atoms with E-state index in [2.05, 4.69) is 117 Å². The Hall–Kier alpha value is -13.1. The highest BCUT2D eigenvalue weighted by Gasteiger charge is 2.43. The van der Waals surface area contributed by atoms with Crippen molar-refractivity contribution >= 4 is 136 Å². The van der Waals surface area contributed by atoms with Gasteiger partial charge in [-0.3, -0.25) is 108 Å². The van der Waals surface area contributed by atoms with Crippen molar-refractivity contribution in [1.82, 2.24) is 122 Å². The third-order valence-electron chi connectivity index (χ3n) is 22.4. The number of nitrogens with zero attached hydrogens (tertiary/aromatic N) is 1. The lowest BCUT2D eigenvalue weighted by molar-refractivity contribution is -0.143. The molecule has 18 amide bonds. The Balaban J connectivity index is 3.42. The van der Waals surface area contributed by atoms with Gasteiger partial charge in [-0.1, -0.05) is 104 Å². The molecule has 794 valence electrons. The molecule has 0 aromatic rings. The van der Waals surface area contributed by atoms with Crippen LogP contribution in [0.3, 0.4) is 0 Å². The maximum absolute atomic E-state index is 14.8. The molecule has 52 nitrogen and oxygen atoms in total. The van der Waals surface area contributed by atoms with Gasteiger partial charge in [0, 0.05) is 32.7 Å². The first-order chi connectivity index (χ1) is 65.1. The van der Waals surface area contributed by atoms with E-state index in [1.54, 1.807) is 111 Å². The Bertz CT molecular complexity index is 4240. The Morgan fingerprint density at radius 3 is 0.971 bits per heavy atom. The first kappa shape index (κ1) is 125. The van der Waals surface area contributed by atoms with Crippen LogP contribution in [0.15, 0.2) is 0 Å². The van der Waals surface area contributed by atoms with Crippen molar-refractivity contribution in [3.05, 3.63) is 0 Å². The van der Waals surface area contributed by atoms with Crippen LogP contribution >= 0.6 is 0 Å². The molecule has 1 saturated heterocycles. The zero-order valence-electron chi connectivity index (χ0n) is 84.7. The van der Waals surface area contributed by atoms with E-state index in [0.29, 0.717) is 0 Å². The SMILES string of the molecule is CN[C@H](C(=O)N[C@@H](CO)C(=O)N[C@H](C(=O)N[C@@H](CCCNC(=N)N)C(=O)N[C@H](C(=O)N[C@@H](C)C(=O)N[C@@H](C)C(=O)N[C@@H](C)C(=O)N[C@H](C(=O)N[C@H](C(=O)N[C@@H](CCCNC(=N)N)C(=O)N[C@@H](C)C(=O)N[C@@H](CC(C)C)C(=O)N1CCC[C@H]1C(=O)N[C@@H](CCCNC(=N)N)C(=O)N[C@@H](CCCNC(=N)N)C(=O)N[C@@H](C)C(=O)NCC(=O)N[C@@H](CC(C)C)C(=O)O)C(C)C)C(C)C)C(C)C)C(C)C)C(C)(C)C. The van der Waals surface area contributed by atoms with E-state index in [4.69, 9.17) is 44.6 Å². The van der Waals surface area contributed by atoms with Gasteiger partial charge in [0.15, 0.2) is 23.8 Å². The van der Waals surface area contributed by atoms with Crippen LogP contribution < -0.4 is 140 Å². The number of carboxylic acid groups (broad SMARTS) is 1. The molecular formula is C88H161N31O21. The standard InChI is InChI=1S/C88H161N31O21/c1-41(2)37-56(82(138)119-36-26-31-59(119)76(132)110-54(29-24-34-100-86(93)94)73(129)109-52(27-22-32-98-84(89)90)71(127)105-47(13)66(122)102-39-60(121)108-57(83(139)140)38-42(3)4)113-69(125)50(16)106-72(128)53(28-23-33-99-85(91)92)111-79(135)63(45(9)10)118-80(136)64(46(11)12)115-70(126)51(17)104-67(123)48(14)103-68(124)49(15)107-77(133)61(43(5)6)116-74(130)55(30-25-35-101-87(95)96)112-78(134)62(44(7)8)117-75(131)58(40-120)114-81(137)65(97-21)88(18,19)20/h41-59,61-65,97,120H,22-40H2,1-21H3,(H,102,122)(H,103,124)(H,104,123)(H,105,127)(H,106,128)(H,107,133)(H,108,121)(H,109,129)(H,110,132)(H,111,135)(H,112,134)(H,113,125)(H,114,137)(H,115,126)(H,116,130)(H,117,131)(H,118,136)(H,139,140)(H4,89,90,98)(H4,91,92,99)(H4,93,94,100)(H4,95,96,101)/t47-,48-,49-,50-,51-,52-,53-,54-,55-,56-,57-,58-,59-,61-,62-,63-,64-,65+/m0/s1. The van der Waals surface area contributed by atoms with Crippen LogP contribution in [-0.4, -0.2) is 313 Å². The van der Waals surface area contributed by atoms with Gasteiger partial charge >= 0.3 is 5.97 Å². The maximum atomic E-state index is 14.8. The van der Waals surface area contributed by atoms with Crippen LogP contribution in [0, 0.1) is 62.6 Å². The van der Waals surface area contributed by atoms with E-state index in [9.17, 15) is 101 Å². The summed E-state index contributed by atoms with van der Waals surface area (Å²) < 4.78 is 0. The third-order valence-corrected chi connectivity index (χ3v) is 22.4. The van der Waals surface area contributed by atoms with Gasteiger partial charge in [-0.05, 0) is 160 Å². The molecular weight excluding hydrogens is 1830 g/mol. The number of likely N-dealkylation sites (N-methyl/N-ethyl adjacent to an activating group) is 1. The second-order valence-corrected chi connectivity index (χ2v) is 38.3. The zero-order chi connectivity index (χ0) is 107. The van der Waals surface area contributed by atoms with Gasteiger partial charge in [0.1, 0.15) is 103 Å². The molecule has 1 aliphatic heterocycles. The molecule has 18 atom stereocenters. The molecule has 0 spiro atoms. The first-order valence-electron chi connectivity index (χ1n) is 47.4. The van der Waals surface area contributed by atoms with Crippen LogP contribution in [0.25, 0.3) is 0 Å². The summed E-state index contributed by atoms with van der Waals surface area (Å²) in [6, 6.07) is -24.1. The van der Waals surface area contributed by atoms with Crippen LogP contribution in [-0.2, 0) is 91.1 Å². The molecule has 0 aromatic heterocycles. The maximum Gasteiger partial charge on any atom is 0.326 e. The fourth-order valence-electron chi connectivity index (χ4n) is 14.5. The van der Waals surface area contributed by atoms with Gasteiger partial charge in [-0.25, -0.2) is 4.79 Å². The van der Waals surface area contributed by atoms with Crippen LogP contribution in [0.2, 0.25) is 0 Å². The van der Waals surface area contributed by atoms with Crippen molar-refractivity contribution in [2.24, 2.45) is 63.9 Å². The molecule has 0 radical (unpaired) electrons. The summed E-state index contributed by atoms with van der Waals surface area (Å²) in [7, 11) is 1.56. The first-order valence-corrected chi connectivity index (χ1v) is 47.4. The number of guanidine groups is 4. The predicted molar refractivity (Wildman–Crippen MR) is 519 cm³/mol. The number of aliphatic carboxylic acids is 1. The van der Waals surface area contributed by atoms with Crippen molar-refractivity contribution < 1.29 is 101 Å². The number of nitrogens with two attached hydrogens (primary N) is 4. The van der Waals surface area contributed by atoms with E-state index in [1.165, 1.54) is 39.5 Å². The van der Waals surface area contributed by atoms with Gasteiger partial charge in [0.2, 0.25) is 106 Å². The molecule has 52 heteroatoms. The number of rotatable bonds is 62. The van der Waals surface area contributed by atoms with E-state index in [1.807, 2.05) is 0 Å². The number of likely N-dealkylation sites (tertiary alicyclic amines) is 1. The number of nitrogens with one attached hydrogen (secondary N) is 26. The highest BCUT2D eigenvalue weighted by Crippen LogP contribution is 2.23. The number of carbonyl (C=O) groups is 19. The molecule has 0 unspecified atom stereocenters. The number of hydrogen-bond donors (Lipinski definition) is 32. The number of carboxylic acids is 1. The molecule has 0 aliphatic carbocycles. The highest BCUT2D eigenvalue weighted by molar-refractivity contribution is 6.02. The van der Waals surface area contributed by atoms with Crippen molar-refractivity contribution in [3.63, 3.8) is 0 Å². The summed E-state index contributed by atoms with van der Waals surface area (Å²) in [6.07, 6.45) is 0.412. The monoisotopic (exact) mass is 1990 g/mol. The van der Waals surface area contributed by atoms with E-state index in [0.717, 1.165) is 0 Å². The predicted octanol–water partition coefficient (Wildman–Crippen LogP) is -7.57. The Morgan fingerprint density at radius 1 is 0.343 bits per heavy atom. The number of amides is 18. The van der Waals surface area contributed by atoms with Crippen molar-refractivity contribution in [3.8, 4) is 0 Å². The van der Waals surface area contributed by atoms with Crippen LogP contribution in [0.5, 0.6) is 0 Å². The number of aliphatic hydroxyl groups excluding tert-OH is 1. The second-order valence-electron chi connectivity index (χ2n) is 38.3. The fourth-order valence-corrected chi connectivity index (χ4v) is 14.5. The molecule has 36 N–H and O–H groups in total. The lowest BCUT2D eigenvalue weighted by Gasteiger charge is -2.31. The smallest absolute Gasteiger partial charge is 0.326 e. The molecule has 1 rings (SSSR count). The molecule has 1 aliphatic rings. The van der Waals surface area contributed by atoms with E-state index < -0.39 is 281 Å². The van der Waals surface area contributed by atoms with Crippen LogP contribution in [0.1, 0.15) is 216 Å². The average Bonchev–Trinajstić information content (AvgIpc) is 1.66. The summed E-state index contributed by atoms with van der Waals surface area (Å²) in [5, 5.41) is 107. The van der Waals surface area contributed by atoms with Gasteiger partial charge in [0.05, 0.1) is 19.2 Å². The molecule has 0 saturated carbocycles. The van der Waals surface area contributed by atoms with Crippen molar-refractivity contribution in [2.45, 2.75) is 324 Å². The summed E-state index contributed by atoms with van der Waals surface area (Å²) in [5.41, 5.74) is 21.4. The Kier molecular flexibility index (Phi) is 55.4. The van der Waals surface area contributed by atoms with Gasteiger partial charge in [-0.15, -0.1) is 0 Å². The summed E-state index contributed by atoms with van der Waals surface area (Å²) in [6.45, 7) is 30.3. The minimum absolute atomic E-state index is 0.00611. The largest absolute Gasteiger partial charge is 0.480 e. The summed E-state index contributed by atoms with van der Waals surface area (Å²) >= 11 is 0. The number of aliphatic hydroxyl groups is 1. The van der Waals surface area contributed by atoms with Crippen molar-refractivity contribution in [2.75, 3.05) is 52.9 Å². The van der Waals surface area contributed by atoms with Crippen LogP contribution in [0.4, 0.5) is 0 Å². The Labute approximate surface area is 818 Å². The molecule has 1 heterocycles. The normalized spacial score (nSPS) is 16.1.